The van der Waals surface area contributed by atoms with Gasteiger partial charge in [0.25, 0.3) is 0 Å². The van der Waals surface area contributed by atoms with Crippen LogP contribution in [0, 0.1) is 6.92 Å². The Kier molecular flexibility index (Phi) is 4.39. The molecule has 5 heteroatoms. The first-order valence-corrected chi connectivity index (χ1v) is 8.99. The number of H-pyrrole nitrogens is 1. The van der Waals surface area contributed by atoms with E-state index in [1.165, 1.54) is 16.5 Å². The number of aromatic nitrogens is 1. The maximum atomic E-state index is 12.3. The van der Waals surface area contributed by atoms with Crippen LogP contribution in [0.3, 0.4) is 0 Å². The van der Waals surface area contributed by atoms with Gasteiger partial charge < -0.3 is 20.7 Å². The van der Waals surface area contributed by atoms with Crippen molar-refractivity contribution in [1.29, 1.82) is 0 Å². The minimum atomic E-state index is -0.574. The van der Waals surface area contributed by atoms with E-state index in [1.807, 2.05) is 36.5 Å². The molecule has 5 nitrogen and oxygen atoms in total. The number of aryl methyl sites for hydroxylation is 1. The maximum Gasteiger partial charge on any atom is 0.315 e. The van der Waals surface area contributed by atoms with Crippen LogP contribution < -0.4 is 10.6 Å². The highest BCUT2D eigenvalue weighted by atomic mass is 16.3. The van der Waals surface area contributed by atoms with Crippen LogP contribution in [0.2, 0.25) is 0 Å². The Balaban J connectivity index is 1.35. The fourth-order valence-electron chi connectivity index (χ4n) is 3.82. The lowest BCUT2D eigenvalue weighted by atomic mass is 10.1. The Labute approximate surface area is 152 Å². The highest BCUT2D eigenvalue weighted by Crippen LogP contribution is 2.31. The van der Waals surface area contributed by atoms with Crippen molar-refractivity contribution in [2.45, 2.75) is 31.9 Å². The number of nitrogens with one attached hydrogen (secondary N) is 3. The molecule has 2 amide bonds. The summed E-state index contributed by atoms with van der Waals surface area (Å²) in [6.07, 6.45) is 2.76. The van der Waals surface area contributed by atoms with Crippen molar-refractivity contribution in [3.05, 3.63) is 70.9 Å². The molecular formula is C21H23N3O2. The molecule has 1 aromatic heterocycles. The Morgan fingerprint density at radius 3 is 2.96 bits per heavy atom. The third-order valence-corrected chi connectivity index (χ3v) is 5.18. The quantitative estimate of drug-likeness (QED) is 0.584. The normalized spacial score (nSPS) is 18.7. The second kappa shape index (κ2) is 6.84. The van der Waals surface area contributed by atoms with Gasteiger partial charge in [-0.15, -0.1) is 0 Å². The largest absolute Gasteiger partial charge is 0.390 e. The molecule has 1 aliphatic rings. The summed E-state index contributed by atoms with van der Waals surface area (Å²) in [5, 5.41) is 17.2. The first-order chi connectivity index (χ1) is 12.6. The molecule has 26 heavy (non-hydrogen) atoms. The molecule has 0 aliphatic heterocycles. The topological polar surface area (TPSA) is 77.2 Å². The van der Waals surface area contributed by atoms with Crippen LogP contribution in [0.25, 0.3) is 10.9 Å². The number of rotatable bonds is 4. The van der Waals surface area contributed by atoms with Gasteiger partial charge in [-0.05, 0) is 35.6 Å². The van der Waals surface area contributed by atoms with Gasteiger partial charge in [-0.3, -0.25) is 0 Å². The van der Waals surface area contributed by atoms with E-state index in [4.69, 9.17) is 0 Å². The van der Waals surface area contributed by atoms with Gasteiger partial charge in [-0.1, -0.05) is 42.5 Å². The molecule has 0 bridgehead atoms. The first-order valence-electron chi connectivity index (χ1n) is 8.99. The summed E-state index contributed by atoms with van der Waals surface area (Å²) >= 11 is 0. The Hall–Kier alpha value is -2.79. The van der Waals surface area contributed by atoms with Crippen LogP contribution >= 0.6 is 0 Å². The number of carbonyl (C=O) groups excluding carboxylic acids is 1. The van der Waals surface area contributed by atoms with Crippen molar-refractivity contribution < 1.29 is 9.90 Å². The number of carbonyl (C=O) groups is 1. The molecule has 0 radical (unpaired) electrons. The molecule has 0 unspecified atom stereocenters. The summed E-state index contributed by atoms with van der Waals surface area (Å²) in [6, 6.07) is 13.5. The Morgan fingerprint density at radius 2 is 2.08 bits per heavy atom. The fourth-order valence-corrected chi connectivity index (χ4v) is 3.82. The van der Waals surface area contributed by atoms with Crippen LogP contribution in [0.1, 0.15) is 28.3 Å². The lowest BCUT2D eigenvalue weighted by Crippen LogP contribution is -2.41. The van der Waals surface area contributed by atoms with Gasteiger partial charge >= 0.3 is 6.03 Å². The van der Waals surface area contributed by atoms with Gasteiger partial charge in [0.2, 0.25) is 0 Å². The number of amides is 2. The maximum absolute atomic E-state index is 12.3. The highest BCUT2D eigenvalue weighted by Gasteiger charge is 2.31. The first kappa shape index (κ1) is 16.7. The SMILES string of the molecule is Cc1cccc2c(CCNC(=O)N[C@H]3c4ccccc4C[C@H]3O)c[nH]c12. The fraction of sp³-hybridized carbons (Fsp3) is 0.286. The minimum absolute atomic E-state index is 0.248. The predicted molar refractivity (Wildman–Crippen MR) is 102 cm³/mol. The molecule has 0 saturated carbocycles. The van der Waals surface area contributed by atoms with Crippen molar-refractivity contribution in [1.82, 2.24) is 15.6 Å². The van der Waals surface area contributed by atoms with Gasteiger partial charge in [-0.25, -0.2) is 4.79 Å². The Bertz CT molecular complexity index is 947. The van der Waals surface area contributed by atoms with Crippen LogP contribution in [-0.2, 0) is 12.8 Å². The molecule has 0 spiro atoms. The molecule has 3 aromatic rings. The number of aliphatic hydroxyl groups excluding tert-OH is 1. The molecule has 134 valence electrons. The number of hydrogen-bond acceptors (Lipinski definition) is 2. The van der Waals surface area contributed by atoms with Crippen LogP contribution in [-0.4, -0.2) is 28.8 Å². The molecule has 2 aromatic carbocycles. The van der Waals surface area contributed by atoms with Crippen LogP contribution in [0.5, 0.6) is 0 Å². The molecule has 4 N–H and O–H groups in total. The van der Waals surface area contributed by atoms with E-state index in [-0.39, 0.29) is 12.1 Å². The van der Waals surface area contributed by atoms with Crippen LogP contribution in [0.15, 0.2) is 48.7 Å². The standard InChI is InChI=1S/C21H23N3O2/c1-13-5-4-8-17-15(12-23-19(13)17)9-10-22-21(26)24-20-16-7-3-2-6-14(16)11-18(20)25/h2-8,12,18,20,23,25H,9-11H2,1H3,(H2,22,24,26)/t18-,20+/m1/s1. The lowest BCUT2D eigenvalue weighted by Gasteiger charge is -2.18. The molecular weight excluding hydrogens is 326 g/mol. The highest BCUT2D eigenvalue weighted by molar-refractivity contribution is 5.86. The number of aromatic amines is 1. The Morgan fingerprint density at radius 1 is 1.23 bits per heavy atom. The van der Waals surface area contributed by atoms with E-state index in [0.29, 0.717) is 13.0 Å². The van der Waals surface area contributed by atoms with Crippen molar-refractivity contribution in [2.24, 2.45) is 0 Å². The molecule has 0 saturated heterocycles. The van der Waals surface area contributed by atoms with E-state index < -0.39 is 6.10 Å². The third-order valence-electron chi connectivity index (χ3n) is 5.18. The van der Waals surface area contributed by atoms with Gasteiger partial charge in [0.15, 0.2) is 0 Å². The summed E-state index contributed by atoms with van der Waals surface area (Å²) in [4.78, 5) is 15.6. The number of aliphatic hydroxyl groups is 1. The van der Waals surface area contributed by atoms with E-state index in [9.17, 15) is 9.90 Å². The van der Waals surface area contributed by atoms with Crippen molar-refractivity contribution >= 4 is 16.9 Å². The third kappa shape index (κ3) is 3.06. The van der Waals surface area contributed by atoms with Gasteiger partial charge in [0, 0.05) is 30.1 Å². The minimum Gasteiger partial charge on any atom is -0.390 e. The number of fused-ring (bicyclic) bond motifs is 2. The summed E-state index contributed by atoms with van der Waals surface area (Å²) < 4.78 is 0. The van der Waals surface area contributed by atoms with Gasteiger partial charge in [0.1, 0.15) is 0 Å². The zero-order valence-electron chi connectivity index (χ0n) is 14.8. The molecule has 0 fully saturated rings. The number of hydrogen-bond donors (Lipinski definition) is 4. The van der Waals surface area contributed by atoms with Gasteiger partial charge in [0.05, 0.1) is 12.1 Å². The zero-order chi connectivity index (χ0) is 18.1. The second-order valence-corrected chi connectivity index (χ2v) is 6.91. The number of benzene rings is 2. The zero-order valence-corrected chi connectivity index (χ0v) is 14.8. The summed E-state index contributed by atoms with van der Waals surface area (Å²) in [6.45, 7) is 2.62. The smallest absolute Gasteiger partial charge is 0.315 e. The number of para-hydroxylation sites is 1. The van der Waals surface area contributed by atoms with Gasteiger partial charge in [-0.2, -0.15) is 0 Å². The summed E-state index contributed by atoms with van der Waals surface area (Å²) in [7, 11) is 0. The van der Waals surface area contributed by atoms with Crippen molar-refractivity contribution in [3.63, 3.8) is 0 Å². The molecule has 1 aliphatic carbocycles. The van der Waals surface area contributed by atoms with E-state index in [1.54, 1.807) is 0 Å². The average Bonchev–Trinajstić information content (AvgIpc) is 3.18. The van der Waals surface area contributed by atoms with E-state index in [0.717, 1.165) is 23.1 Å². The summed E-state index contributed by atoms with van der Waals surface area (Å²) in [5.41, 5.74) is 5.66. The molecule has 4 rings (SSSR count). The van der Waals surface area contributed by atoms with Crippen molar-refractivity contribution in [3.8, 4) is 0 Å². The predicted octanol–water partition coefficient (Wildman–Crippen LogP) is 2.98. The monoisotopic (exact) mass is 349 g/mol. The van der Waals surface area contributed by atoms with Crippen molar-refractivity contribution in [2.75, 3.05) is 6.54 Å². The van der Waals surface area contributed by atoms with E-state index in [2.05, 4.69) is 34.7 Å². The molecule has 2 atom stereocenters. The average molecular weight is 349 g/mol. The van der Waals surface area contributed by atoms with E-state index >= 15 is 0 Å². The summed E-state index contributed by atoms with van der Waals surface area (Å²) in [5.74, 6) is 0. The lowest BCUT2D eigenvalue weighted by molar-refractivity contribution is 0.142. The van der Waals surface area contributed by atoms with Crippen LogP contribution in [0.4, 0.5) is 4.79 Å². The second-order valence-electron chi connectivity index (χ2n) is 6.91. The number of urea groups is 1. The molecule has 1 heterocycles.